The number of ether oxygens (including phenoxy) is 2. The van der Waals surface area contributed by atoms with Crippen molar-refractivity contribution < 1.29 is 28.7 Å². The maximum atomic E-state index is 13.6. The van der Waals surface area contributed by atoms with Crippen LogP contribution in [-0.2, 0) is 5.41 Å². The molecule has 7 rings (SSSR count). The molecule has 8 nitrogen and oxygen atoms in total. The van der Waals surface area contributed by atoms with Crippen molar-refractivity contribution >= 4 is 23.6 Å². The van der Waals surface area contributed by atoms with Crippen molar-refractivity contribution in [2.75, 3.05) is 6.54 Å². The maximum Gasteiger partial charge on any atom is 0.261 e. The highest BCUT2D eigenvalue weighted by Crippen LogP contribution is 2.48. The normalized spacial score (nSPS) is 18.3. The smallest absolute Gasteiger partial charge is 0.261 e. The number of hydrogen-bond acceptors (Lipinski definition) is 6. The summed E-state index contributed by atoms with van der Waals surface area (Å²) in [6, 6.07) is 25.9. The van der Waals surface area contributed by atoms with Crippen molar-refractivity contribution in [1.82, 2.24) is 10.2 Å². The Morgan fingerprint density at radius 3 is 1.28 bits per heavy atom. The molecule has 1 aliphatic carbocycles. The van der Waals surface area contributed by atoms with Crippen LogP contribution in [-0.4, -0.2) is 35.1 Å². The average Bonchev–Trinajstić information content (AvgIpc) is 3.85. The number of amides is 4. The number of fused-ring (bicyclic) bond motifs is 2. The van der Waals surface area contributed by atoms with Crippen LogP contribution in [0.2, 0.25) is 0 Å². The second-order valence-corrected chi connectivity index (χ2v) is 23.5. The molecular formula is C68H94N2O6. The zero-order chi connectivity index (χ0) is 53.7. The Kier molecular flexibility index (Phi) is 23.1. The summed E-state index contributed by atoms with van der Waals surface area (Å²) in [4.78, 5) is 52.6. The quantitative estimate of drug-likeness (QED) is 0.0364. The molecule has 0 radical (unpaired) electrons. The van der Waals surface area contributed by atoms with Crippen molar-refractivity contribution in [1.29, 1.82) is 0 Å². The Morgan fingerprint density at radius 1 is 0.421 bits per heavy atom. The lowest BCUT2D eigenvalue weighted by Gasteiger charge is -2.44. The summed E-state index contributed by atoms with van der Waals surface area (Å²) in [5, 5.41) is 2.31. The molecule has 1 N–H and O–H groups in total. The molecule has 4 amide bonds. The van der Waals surface area contributed by atoms with Gasteiger partial charge in [0.15, 0.2) is 0 Å². The second-order valence-electron chi connectivity index (χ2n) is 23.5. The highest BCUT2D eigenvalue weighted by atomic mass is 16.5. The summed E-state index contributed by atoms with van der Waals surface area (Å²) in [6.07, 6.45) is 39.5. The highest BCUT2D eigenvalue weighted by molar-refractivity contribution is 6.22. The van der Waals surface area contributed by atoms with Crippen LogP contribution in [0.15, 0.2) is 84.9 Å². The molecule has 4 aromatic carbocycles. The summed E-state index contributed by atoms with van der Waals surface area (Å²) in [6.45, 7) is 11.8. The maximum absolute atomic E-state index is 13.6. The van der Waals surface area contributed by atoms with Gasteiger partial charge in [-0.3, -0.25) is 29.4 Å². The monoisotopic (exact) mass is 1030 g/mol. The molecule has 3 aliphatic rings. The molecular weight excluding hydrogens is 941 g/mol. The number of carbonyl (C=O) groups excluding carboxylic acids is 4. The largest absolute Gasteiger partial charge is 0.457 e. The first-order chi connectivity index (χ1) is 37.0. The van der Waals surface area contributed by atoms with E-state index in [0.717, 1.165) is 54.1 Å². The molecule has 412 valence electrons. The Morgan fingerprint density at radius 2 is 0.789 bits per heavy atom. The first-order valence-electron chi connectivity index (χ1n) is 30.6. The third-order valence-corrected chi connectivity index (χ3v) is 17.6. The molecule has 76 heavy (non-hydrogen) atoms. The first-order valence-corrected chi connectivity index (χ1v) is 30.6. The van der Waals surface area contributed by atoms with Gasteiger partial charge in [0, 0.05) is 12.0 Å². The summed E-state index contributed by atoms with van der Waals surface area (Å²) >= 11 is 0. The topological polar surface area (TPSA) is 102 Å². The molecule has 4 atom stereocenters. The molecule has 0 aromatic heterocycles. The van der Waals surface area contributed by atoms with Gasteiger partial charge in [-0.2, -0.15) is 0 Å². The standard InChI is InChI=1S/C68H94N2O6/c1-6-9-12-15-17-22-27-32-59-51(34-33-50(29-24-14-11-8-3)58(59)31-26-21-16-13-10-7-2)30-25-20-18-19-23-28-47-70-66(73)61-46-44-57(49-63(61)67(70)74)76-55-41-37-53(38-42-55)68(4,5)52-35-39-54(40-36-52)75-56-43-45-60-62(48-56)65(72)69-64(60)71/h35-46,48-51,58-59H,6-34,47H2,1-5H3,(H,69,71,72). The van der Waals surface area contributed by atoms with E-state index in [0.29, 0.717) is 51.8 Å². The van der Waals surface area contributed by atoms with Gasteiger partial charge in [-0.25, -0.2) is 0 Å². The van der Waals surface area contributed by atoms with Crippen LogP contribution in [0.1, 0.15) is 273 Å². The zero-order valence-corrected chi connectivity index (χ0v) is 47.5. The number of nitrogens with one attached hydrogen (secondary N) is 1. The third-order valence-electron chi connectivity index (χ3n) is 17.6. The fourth-order valence-corrected chi connectivity index (χ4v) is 13.0. The Balaban J connectivity index is 0.842. The third kappa shape index (κ3) is 16.2. The van der Waals surface area contributed by atoms with Gasteiger partial charge in [-0.05, 0) is 128 Å². The fourth-order valence-electron chi connectivity index (χ4n) is 13.0. The van der Waals surface area contributed by atoms with Crippen molar-refractivity contribution in [3.8, 4) is 23.0 Å². The van der Waals surface area contributed by atoms with Crippen LogP contribution >= 0.6 is 0 Å². The minimum Gasteiger partial charge on any atom is -0.457 e. The van der Waals surface area contributed by atoms with E-state index in [1.807, 2.05) is 48.5 Å². The van der Waals surface area contributed by atoms with Gasteiger partial charge in [-0.15, -0.1) is 0 Å². The number of unbranched alkanes of at least 4 members (excludes halogenated alkanes) is 19. The number of nitrogens with zero attached hydrogens (tertiary/aromatic N) is 1. The predicted molar refractivity (Wildman–Crippen MR) is 310 cm³/mol. The summed E-state index contributed by atoms with van der Waals surface area (Å²) in [5.41, 5.74) is 3.36. The lowest BCUT2D eigenvalue weighted by Crippen LogP contribution is -2.35. The Bertz CT molecular complexity index is 2460. The van der Waals surface area contributed by atoms with E-state index in [9.17, 15) is 19.2 Å². The minimum atomic E-state index is -0.418. The number of imide groups is 2. The van der Waals surface area contributed by atoms with Gasteiger partial charge in [0.25, 0.3) is 23.6 Å². The predicted octanol–water partition coefficient (Wildman–Crippen LogP) is 18.9. The van der Waals surface area contributed by atoms with E-state index in [1.165, 1.54) is 172 Å². The van der Waals surface area contributed by atoms with Gasteiger partial charge >= 0.3 is 0 Å². The Hall–Kier alpha value is -5.24. The number of benzene rings is 4. The van der Waals surface area contributed by atoms with E-state index in [2.05, 4.69) is 39.9 Å². The van der Waals surface area contributed by atoms with Gasteiger partial charge < -0.3 is 9.47 Å². The molecule has 0 bridgehead atoms. The number of rotatable bonds is 35. The fraction of sp³-hybridized carbons (Fsp3) is 0.588. The van der Waals surface area contributed by atoms with Gasteiger partial charge in [-0.1, -0.05) is 213 Å². The summed E-state index contributed by atoms with van der Waals surface area (Å²) in [7, 11) is 0. The molecule has 0 saturated heterocycles. The molecule has 8 heteroatoms. The van der Waals surface area contributed by atoms with Crippen LogP contribution < -0.4 is 14.8 Å². The number of hydrogen-bond donors (Lipinski definition) is 1. The summed E-state index contributed by atoms with van der Waals surface area (Å²) in [5.74, 6) is 4.73. The molecule has 0 spiro atoms. The lowest BCUT2D eigenvalue weighted by molar-refractivity contribution is 0.0581. The average molecular weight is 1040 g/mol. The van der Waals surface area contributed by atoms with Crippen molar-refractivity contribution in [3.63, 3.8) is 0 Å². The van der Waals surface area contributed by atoms with Crippen molar-refractivity contribution in [3.05, 3.63) is 118 Å². The van der Waals surface area contributed by atoms with Crippen LogP contribution in [0.3, 0.4) is 0 Å². The molecule has 4 aromatic rings. The lowest BCUT2D eigenvalue weighted by atomic mass is 9.61. The van der Waals surface area contributed by atoms with Gasteiger partial charge in [0.05, 0.1) is 22.3 Å². The van der Waals surface area contributed by atoms with Crippen LogP contribution in [0.25, 0.3) is 0 Å². The van der Waals surface area contributed by atoms with Crippen LogP contribution in [0, 0.1) is 23.7 Å². The van der Waals surface area contributed by atoms with E-state index in [4.69, 9.17) is 9.47 Å². The van der Waals surface area contributed by atoms with Crippen molar-refractivity contribution in [2.45, 2.75) is 226 Å². The highest BCUT2D eigenvalue weighted by Gasteiger charge is 2.38. The van der Waals surface area contributed by atoms with E-state index in [1.54, 1.807) is 36.4 Å². The van der Waals surface area contributed by atoms with E-state index < -0.39 is 11.8 Å². The SMILES string of the molecule is CCCCCCCCCC1C(CCCCCCCCN2C(=O)c3ccc(Oc4ccc(C(C)(C)c5ccc(Oc6ccc7c(c6)C(=O)NC7=O)cc5)cc4)cc3C2=O)CCC(CCCCCC)C1CCCCCCCC. The minimum absolute atomic E-state index is 0.204. The zero-order valence-electron chi connectivity index (χ0n) is 47.5. The van der Waals surface area contributed by atoms with Gasteiger partial charge in [0.2, 0.25) is 0 Å². The second kappa shape index (κ2) is 30.1. The van der Waals surface area contributed by atoms with Gasteiger partial charge in [0.1, 0.15) is 23.0 Å². The Labute approximate surface area is 458 Å². The summed E-state index contributed by atoms with van der Waals surface area (Å²) < 4.78 is 12.3. The molecule has 4 unspecified atom stereocenters. The molecule has 1 saturated carbocycles. The number of carbonyl (C=O) groups is 4. The van der Waals surface area contributed by atoms with Crippen LogP contribution in [0.5, 0.6) is 23.0 Å². The van der Waals surface area contributed by atoms with Crippen molar-refractivity contribution in [2.24, 2.45) is 23.7 Å². The van der Waals surface area contributed by atoms with Crippen LogP contribution in [0.4, 0.5) is 0 Å². The molecule has 1 fully saturated rings. The first kappa shape index (κ1) is 58.4. The molecule has 2 aliphatic heterocycles. The van der Waals surface area contributed by atoms with E-state index >= 15 is 0 Å². The molecule has 2 heterocycles. The van der Waals surface area contributed by atoms with E-state index in [-0.39, 0.29) is 17.2 Å².